The van der Waals surface area contributed by atoms with Gasteiger partial charge in [0.05, 0.1) is 10.6 Å². The second-order valence-electron chi connectivity index (χ2n) is 5.73. The van der Waals surface area contributed by atoms with Gasteiger partial charge in [-0.25, -0.2) is 4.79 Å². The van der Waals surface area contributed by atoms with E-state index in [2.05, 4.69) is 23.1 Å². The molecule has 0 amide bonds. The van der Waals surface area contributed by atoms with Gasteiger partial charge in [-0.15, -0.1) is 0 Å². The van der Waals surface area contributed by atoms with Crippen molar-refractivity contribution < 1.29 is 13.9 Å². The van der Waals surface area contributed by atoms with Gasteiger partial charge < -0.3 is 19.1 Å². The molecular weight excluding hydrogens is 384 g/mol. The number of aromatic amines is 2. The smallest absolute Gasteiger partial charge is 0.339 e. The highest BCUT2D eigenvalue weighted by molar-refractivity contribution is 6.33. The van der Waals surface area contributed by atoms with Crippen LogP contribution in [0.4, 0.5) is 0 Å². The molecule has 0 fully saturated rings. The van der Waals surface area contributed by atoms with Gasteiger partial charge >= 0.3 is 5.97 Å². The predicted molar refractivity (Wildman–Crippen MR) is 106 cm³/mol. The number of ether oxygens (including phenoxy) is 1. The molecule has 0 aliphatic carbocycles. The number of carbonyl (C=O) groups is 1. The van der Waals surface area contributed by atoms with E-state index in [-0.39, 0.29) is 33.7 Å². The Balaban J connectivity index is 1.99. The van der Waals surface area contributed by atoms with E-state index in [0.29, 0.717) is 11.3 Å². The third-order valence-corrected chi connectivity index (χ3v) is 4.06. The largest absolute Gasteiger partial charge is 0.458 e. The van der Waals surface area contributed by atoms with Crippen molar-refractivity contribution in [1.29, 1.82) is 0 Å². The van der Waals surface area contributed by atoms with Crippen LogP contribution < -0.4 is 21.8 Å². The molecular formula is C20H15ClN2O5. The lowest BCUT2D eigenvalue weighted by Gasteiger charge is -2.06. The van der Waals surface area contributed by atoms with Crippen LogP contribution in [0.1, 0.15) is 16.1 Å². The monoisotopic (exact) mass is 398 g/mol. The lowest BCUT2D eigenvalue weighted by Crippen LogP contribution is -2.47. The lowest BCUT2D eigenvalue weighted by molar-refractivity contribution is 0.0550. The van der Waals surface area contributed by atoms with Gasteiger partial charge in [0.1, 0.15) is 28.8 Å². The average Bonchev–Trinajstić information content (AvgIpc) is 3.11. The van der Waals surface area contributed by atoms with Crippen LogP contribution in [0.2, 0.25) is 5.02 Å². The topological polar surface area (TPSA) is 105 Å². The van der Waals surface area contributed by atoms with E-state index in [4.69, 9.17) is 20.8 Å². The number of esters is 1. The number of H-pyrrole nitrogens is 2. The number of furan rings is 1. The van der Waals surface area contributed by atoms with E-state index in [1.807, 2.05) is 0 Å². The van der Waals surface area contributed by atoms with Crippen LogP contribution in [0.5, 0.6) is 0 Å². The van der Waals surface area contributed by atoms with E-state index >= 15 is 0 Å². The minimum atomic E-state index is -0.587. The van der Waals surface area contributed by atoms with Gasteiger partial charge in [-0.1, -0.05) is 30.8 Å². The van der Waals surface area contributed by atoms with Crippen LogP contribution in [0, 0.1) is 0 Å². The number of benzene rings is 1. The third kappa shape index (κ3) is 4.05. The summed E-state index contributed by atoms with van der Waals surface area (Å²) in [7, 11) is 0. The molecule has 2 N–H and O–H groups in total. The van der Waals surface area contributed by atoms with Gasteiger partial charge in [0.15, 0.2) is 0 Å². The zero-order chi connectivity index (χ0) is 20.3. The minimum absolute atomic E-state index is 0.0639. The van der Waals surface area contributed by atoms with Crippen molar-refractivity contribution in [2.75, 3.05) is 6.61 Å². The van der Waals surface area contributed by atoms with Crippen LogP contribution in [0.3, 0.4) is 0 Å². The van der Waals surface area contributed by atoms with Crippen molar-refractivity contribution in [3.8, 4) is 11.3 Å². The summed E-state index contributed by atoms with van der Waals surface area (Å²) >= 11 is 6.07. The van der Waals surface area contributed by atoms with Crippen LogP contribution >= 0.6 is 11.6 Å². The fourth-order valence-corrected chi connectivity index (χ4v) is 2.64. The second-order valence-corrected chi connectivity index (χ2v) is 6.14. The van der Waals surface area contributed by atoms with Gasteiger partial charge in [0, 0.05) is 5.56 Å². The third-order valence-electron chi connectivity index (χ3n) is 3.73. The Morgan fingerprint density at radius 3 is 2.57 bits per heavy atom. The zero-order valence-electron chi connectivity index (χ0n) is 14.6. The first kappa shape index (κ1) is 19.2. The molecule has 0 atom stereocenters. The summed E-state index contributed by atoms with van der Waals surface area (Å²) in [6.45, 7) is 7.03. The molecule has 0 saturated carbocycles. The summed E-state index contributed by atoms with van der Waals surface area (Å²) in [4.78, 5) is 40.8. The number of halogens is 1. The number of hydrogen-bond donors (Lipinski definition) is 2. The molecule has 0 aliphatic rings. The van der Waals surface area contributed by atoms with Crippen molar-refractivity contribution in [3.05, 3.63) is 90.7 Å². The maximum atomic E-state index is 12.1. The molecule has 0 radical (unpaired) electrons. The number of rotatable bonds is 5. The first-order chi connectivity index (χ1) is 13.4. The molecule has 0 aliphatic heterocycles. The fraction of sp³-hybridized carbons (Fsp3) is 0.0500. The summed E-state index contributed by atoms with van der Waals surface area (Å²) in [5.41, 5.74) is -0.285. The molecule has 1 aromatic carbocycles. The maximum absolute atomic E-state index is 12.1. The van der Waals surface area contributed by atoms with Gasteiger partial charge in [0.25, 0.3) is 11.1 Å². The fourth-order valence-electron chi connectivity index (χ4n) is 2.45. The Labute approximate surface area is 163 Å². The van der Waals surface area contributed by atoms with Gasteiger partial charge in [0.2, 0.25) is 0 Å². The van der Waals surface area contributed by atoms with E-state index in [0.717, 1.165) is 0 Å². The maximum Gasteiger partial charge on any atom is 0.339 e. The van der Waals surface area contributed by atoms with Crippen molar-refractivity contribution in [2.45, 2.75) is 0 Å². The van der Waals surface area contributed by atoms with Crippen molar-refractivity contribution >= 4 is 30.2 Å². The van der Waals surface area contributed by atoms with Crippen LogP contribution in [-0.4, -0.2) is 22.5 Å². The molecule has 0 bridgehead atoms. The summed E-state index contributed by atoms with van der Waals surface area (Å²) < 4.78 is 10.7. The Bertz CT molecular complexity index is 1250. The Morgan fingerprint density at radius 1 is 1.18 bits per heavy atom. The number of nitrogens with one attached hydrogen (secondary N) is 2. The van der Waals surface area contributed by atoms with Crippen LogP contribution in [-0.2, 0) is 4.74 Å². The molecule has 3 aromatic rings. The van der Waals surface area contributed by atoms with Crippen LogP contribution in [0.15, 0.2) is 57.0 Å². The summed E-state index contributed by atoms with van der Waals surface area (Å²) in [5, 5.41) is 0.126. The van der Waals surface area contributed by atoms with E-state index < -0.39 is 17.1 Å². The quantitative estimate of drug-likeness (QED) is 0.501. The average molecular weight is 399 g/mol. The number of aromatic nitrogens is 2. The predicted octanol–water partition coefficient (Wildman–Crippen LogP) is 1.56. The molecule has 0 unspecified atom stereocenters. The molecule has 8 heteroatoms. The Morgan fingerprint density at radius 2 is 1.89 bits per heavy atom. The van der Waals surface area contributed by atoms with Gasteiger partial charge in [-0.2, -0.15) is 0 Å². The zero-order valence-corrected chi connectivity index (χ0v) is 15.3. The van der Waals surface area contributed by atoms with Gasteiger partial charge in [-0.3, -0.25) is 9.59 Å². The molecule has 2 heterocycles. The highest BCUT2D eigenvalue weighted by Gasteiger charge is 2.14. The summed E-state index contributed by atoms with van der Waals surface area (Å²) in [5.74, 6) is 0.118. The first-order valence-electron chi connectivity index (χ1n) is 8.10. The molecule has 0 spiro atoms. The lowest BCUT2D eigenvalue weighted by atomic mass is 10.1. The molecule has 2 aromatic heterocycles. The Hall–Kier alpha value is -3.58. The van der Waals surface area contributed by atoms with E-state index in [9.17, 15) is 14.4 Å². The normalized spacial score (nSPS) is 10.5. The standard InChI is InChI=1S/C20H15ClN2O5/c1-3-8-27-20(26)14-9-12(4-6-16(14)21)17-7-5-13(28-17)10-15-18(24)22-11(2)23-19(15)25/h3-7,9-10H,1-2,8H2,(H,22,24)(H,23,25). The molecule has 7 nitrogen and oxygen atoms in total. The van der Waals surface area contributed by atoms with Crippen LogP contribution in [0.25, 0.3) is 24.0 Å². The Kier molecular flexibility index (Phi) is 5.47. The number of hydrogen-bond acceptors (Lipinski definition) is 5. The molecule has 142 valence electrons. The van der Waals surface area contributed by atoms with E-state index in [1.54, 1.807) is 24.3 Å². The molecule has 0 saturated heterocycles. The van der Waals surface area contributed by atoms with Gasteiger partial charge in [-0.05, 0) is 36.4 Å². The summed E-state index contributed by atoms with van der Waals surface area (Å²) in [6.07, 6.45) is 2.77. The highest BCUT2D eigenvalue weighted by atomic mass is 35.5. The summed E-state index contributed by atoms with van der Waals surface area (Å²) in [6, 6.07) is 8.00. The first-order valence-corrected chi connectivity index (χ1v) is 8.48. The SMILES string of the molecule is C=CCOC(=O)c1cc(-c2ccc(C=c3c(=O)[nH]c(=C)[nH]c3=O)o2)ccc1Cl. The van der Waals surface area contributed by atoms with Crippen molar-refractivity contribution in [2.24, 2.45) is 0 Å². The second kappa shape index (κ2) is 7.98. The number of carbonyl (C=O) groups excluding carboxylic acids is 1. The van der Waals surface area contributed by atoms with E-state index in [1.165, 1.54) is 18.2 Å². The molecule has 3 rings (SSSR count). The highest BCUT2D eigenvalue weighted by Crippen LogP contribution is 2.27. The van der Waals surface area contributed by atoms with Crippen molar-refractivity contribution in [3.63, 3.8) is 0 Å². The minimum Gasteiger partial charge on any atom is -0.458 e. The van der Waals surface area contributed by atoms with Crippen molar-refractivity contribution in [1.82, 2.24) is 9.97 Å². The molecule has 28 heavy (non-hydrogen) atoms.